The highest BCUT2D eigenvalue weighted by atomic mass is 32.2. The van der Waals surface area contributed by atoms with Gasteiger partial charge in [-0.25, -0.2) is 4.79 Å². The van der Waals surface area contributed by atoms with Crippen LogP contribution < -0.4 is 0 Å². The SMILES string of the molecule is Cc1cc(C(=O)OC(C)C(F)(F)S(=O)(=O)O)cc(C)c1O. The number of halogens is 2. The van der Waals surface area contributed by atoms with Crippen molar-refractivity contribution in [2.45, 2.75) is 32.1 Å². The highest BCUT2D eigenvalue weighted by molar-refractivity contribution is 7.86. The molecular weight excluding hydrogens is 310 g/mol. The maximum atomic E-state index is 13.3. The highest BCUT2D eigenvalue weighted by Crippen LogP contribution is 2.29. The first-order valence-electron chi connectivity index (χ1n) is 5.74. The second-order valence-electron chi connectivity index (χ2n) is 4.54. The van der Waals surface area contributed by atoms with E-state index in [-0.39, 0.29) is 11.3 Å². The largest absolute Gasteiger partial charge is 0.507 e. The van der Waals surface area contributed by atoms with Crippen molar-refractivity contribution >= 4 is 16.1 Å². The van der Waals surface area contributed by atoms with Crippen LogP contribution in [0.1, 0.15) is 28.4 Å². The standard InChI is InChI=1S/C12H14F2O6S/c1-6-4-9(5-7(2)10(6)15)11(16)20-8(3)12(13,14)21(17,18)19/h4-5,8,15H,1-3H3,(H,17,18,19). The number of esters is 1. The molecule has 0 radical (unpaired) electrons. The molecule has 118 valence electrons. The number of phenolic OH excluding ortho intramolecular Hbond substituents is 1. The molecule has 0 heterocycles. The van der Waals surface area contributed by atoms with E-state index in [0.717, 1.165) is 0 Å². The van der Waals surface area contributed by atoms with Crippen molar-refractivity contribution in [2.24, 2.45) is 0 Å². The Bertz CT molecular complexity index is 645. The quantitative estimate of drug-likeness (QED) is 0.649. The Balaban J connectivity index is 3.02. The van der Waals surface area contributed by atoms with Gasteiger partial charge in [0, 0.05) is 0 Å². The predicted molar refractivity (Wildman–Crippen MR) is 69.0 cm³/mol. The molecule has 21 heavy (non-hydrogen) atoms. The molecule has 9 heteroatoms. The lowest BCUT2D eigenvalue weighted by Crippen LogP contribution is -2.42. The molecule has 2 N–H and O–H groups in total. The number of carbonyl (C=O) groups is 1. The molecule has 0 fully saturated rings. The van der Waals surface area contributed by atoms with Crippen LogP contribution in [-0.2, 0) is 14.9 Å². The monoisotopic (exact) mass is 324 g/mol. The number of hydrogen-bond acceptors (Lipinski definition) is 5. The van der Waals surface area contributed by atoms with Crippen LogP contribution in [0.3, 0.4) is 0 Å². The number of carbonyl (C=O) groups excluding carboxylic acids is 1. The molecule has 0 aliphatic rings. The van der Waals surface area contributed by atoms with Crippen LogP contribution in [0.15, 0.2) is 12.1 Å². The van der Waals surface area contributed by atoms with E-state index in [1.807, 2.05) is 0 Å². The van der Waals surface area contributed by atoms with Gasteiger partial charge in [0.25, 0.3) is 0 Å². The summed E-state index contributed by atoms with van der Waals surface area (Å²) in [5.41, 5.74) is 0.535. The van der Waals surface area contributed by atoms with Crippen LogP contribution >= 0.6 is 0 Å². The summed E-state index contributed by atoms with van der Waals surface area (Å²) in [5.74, 6) is -1.25. The van der Waals surface area contributed by atoms with Crippen molar-refractivity contribution in [3.8, 4) is 5.75 Å². The Labute approximate surface area is 120 Å². The van der Waals surface area contributed by atoms with E-state index < -0.39 is 27.4 Å². The number of hydrogen-bond donors (Lipinski definition) is 2. The number of aromatic hydroxyl groups is 1. The zero-order valence-electron chi connectivity index (χ0n) is 11.4. The Morgan fingerprint density at radius 3 is 2.10 bits per heavy atom. The third-order valence-electron chi connectivity index (χ3n) is 2.83. The van der Waals surface area contributed by atoms with Gasteiger partial charge < -0.3 is 9.84 Å². The number of ether oxygens (including phenoxy) is 1. The van der Waals surface area contributed by atoms with Gasteiger partial charge in [0.1, 0.15) is 5.75 Å². The zero-order chi connectivity index (χ0) is 16.6. The second kappa shape index (κ2) is 5.57. The summed E-state index contributed by atoms with van der Waals surface area (Å²) in [6.45, 7) is 3.64. The fourth-order valence-electron chi connectivity index (χ4n) is 1.58. The van der Waals surface area contributed by atoms with Crippen molar-refractivity contribution in [3.05, 3.63) is 28.8 Å². The molecule has 0 saturated carbocycles. The first-order valence-corrected chi connectivity index (χ1v) is 7.18. The lowest BCUT2D eigenvalue weighted by molar-refractivity contribution is -0.0550. The maximum Gasteiger partial charge on any atom is 0.405 e. The molecule has 0 aromatic heterocycles. The van der Waals surface area contributed by atoms with Crippen LogP contribution in [-0.4, -0.2) is 35.4 Å². The molecule has 1 aromatic carbocycles. The van der Waals surface area contributed by atoms with Crippen molar-refractivity contribution in [1.82, 2.24) is 0 Å². The molecule has 1 aromatic rings. The number of benzene rings is 1. The Kier molecular flexibility index (Phi) is 4.59. The fraction of sp³-hybridized carbons (Fsp3) is 0.417. The molecule has 0 amide bonds. The van der Waals surface area contributed by atoms with E-state index in [4.69, 9.17) is 4.55 Å². The summed E-state index contributed by atoms with van der Waals surface area (Å²) in [6.07, 6.45) is -2.38. The molecular formula is C12H14F2O6S. The molecule has 0 aliphatic carbocycles. The van der Waals surface area contributed by atoms with E-state index in [9.17, 15) is 27.1 Å². The van der Waals surface area contributed by atoms with E-state index in [1.54, 1.807) is 0 Å². The number of alkyl halides is 2. The van der Waals surface area contributed by atoms with Crippen LogP contribution in [0, 0.1) is 13.8 Å². The molecule has 1 atom stereocenters. The Morgan fingerprint density at radius 1 is 1.29 bits per heavy atom. The van der Waals surface area contributed by atoms with Crippen molar-refractivity contribution < 1.29 is 36.4 Å². The van der Waals surface area contributed by atoms with Gasteiger partial charge in [0.15, 0.2) is 6.10 Å². The number of rotatable bonds is 4. The average molecular weight is 324 g/mol. The van der Waals surface area contributed by atoms with Gasteiger partial charge in [0.2, 0.25) is 0 Å². The third kappa shape index (κ3) is 3.48. The molecule has 0 bridgehead atoms. The van der Waals surface area contributed by atoms with Crippen LogP contribution in [0.25, 0.3) is 0 Å². The molecule has 6 nitrogen and oxygen atoms in total. The topological polar surface area (TPSA) is 101 Å². The van der Waals surface area contributed by atoms with E-state index in [0.29, 0.717) is 18.1 Å². The van der Waals surface area contributed by atoms with Gasteiger partial charge >= 0.3 is 21.3 Å². The summed E-state index contributed by atoms with van der Waals surface area (Å²) in [5, 5.41) is 4.92. The van der Waals surface area contributed by atoms with Crippen molar-refractivity contribution in [1.29, 1.82) is 0 Å². The van der Waals surface area contributed by atoms with Gasteiger partial charge in [0.05, 0.1) is 5.56 Å². The molecule has 0 aliphatic heterocycles. The molecule has 1 unspecified atom stereocenters. The number of aryl methyl sites for hydroxylation is 2. The molecule has 0 spiro atoms. The lowest BCUT2D eigenvalue weighted by atomic mass is 10.1. The summed E-state index contributed by atoms with van der Waals surface area (Å²) in [7, 11) is -5.70. The Hall–Kier alpha value is -1.74. The normalized spacial score (nSPS) is 13.8. The van der Waals surface area contributed by atoms with Crippen molar-refractivity contribution in [2.75, 3.05) is 0 Å². The predicted octanol–water partition coefficient (Wildman–Crippen LogP) is 2.03. The van der Waals surface area contributed by atoms with Crippen molar-refractivity contribution in [3.63, 3.8) is 0 Å². The third-order valence-corrected chi connectivity index (χ3v) is 3.85. The van der Waals surface area contributed by atoms with Gasteiger partial charge in [-0.05, 0) is 44.0 Å². The lowest BCUT2D eigenvalue weighted by Gasteiger charge is -2.21. The smallest absolute Gasteiger partial charge is 0.405 e. The summed E-state index contributed by atoms with van der Waals surface area (Å²) >= 11 is 0. The van der Waals surface area contributed by atoms with Crippen LogP contribution in [0.2, 0.25) is 0 Å². The van der Waals surface area contributed by atoms with Gasteiger partial charge in [-0.3, -0.25) is 4.55 Å². The van der Waals surface area contributed by atoms with E-state index >= 15 is 0 Å². The minimum Gasteiger partial charge on any atom is -0.507 e. The molecule has 1 rings (SSSR count). The van der Waals surface area contributed by atoms with Crippen LogP contribution in [0.4, 0.5) is 8.78 Å². The highest BCUT2D eigenvalue weighted by Gasteiger charge is 2.52. The van der Waals surface area contributed by atoms with Crippen LogP contribution in [0.5, 0.6) is 5.75 Å². The van der Waals surface area contributed by atoms with Gasteiger partial charge in [-0.1, -0.05) is 0 Å². The minimum atomic E-state index is -5.70. The fourth-order valence-corrected chi connectivity index (χ4v) is 2.05. The first kappa shape index (κ1) is 17.3. The second-order valence-corrected chi connectivity index (χ2v) is 6.04. The van der Waals surface area contributed by atoms with E-state index in [2.05, 4.69) is 4.74 Å². The zero-order valence-corrected chi connectivity index (χ0v) is 12.2. The number of phenols is 1. The Morgan fingerprint density at radius 2 is 1.71 bits per heavy atom. The average Bonchev–Trinajstić information content (AvgIpc) is 2.33. The summed E-state index contributed by atoms with van der Waals surface area (Å²) in [4.78, 5) is 11.7. The maximum absolute atomic E-state index is 13.3. The van der Waals surface area contributed by atoms with Gasteiger partial charge in [-0.15, -0.1) is 0 Å². The molecule has 0 saturated heterocycles. The minimum absolute atomic E-state index is 0.0529. The van der Waals surface area contributed by atoms with E-state index in [1.165, 1.54) is 26.0 Å². The summed E-state index contributed by atoms with van der Waals surface area (Å²) in [6, 6.07) is 2.42. The summed E-state index contributed by atoms with van der Waals surface area (Å²) < 4.78 is 60.4. The first-order chi connectivity index (χ1) is 9.37. The van der Waals surface area contributed by atoms with Gasteiger partial charge in [-0.2, -0.15) is 17.2 Å².